The maximum Gasteiger partial charge on any atom is 0.348 e. The number of hydrogen-bond acceptors (Lipinski definition) is 6. The SMILES string of the molecule is COC(C)CNc1ncnc(Cl)c1[N+](=O)[O-]. The van der Waals surface area contributed by atoms with Gasteiger partial charge in [-0.05, 0) is 6.92 Å². The average Bonchev–Trinajstić information content (AvgIpc) is 2.25. The number of nitrogens with one attached hydrogen (secondary N) is 1. The summed E-state index contributed by atoms with van der Waals surface area (Å²) >= 11 is 5.61. The minimum Gasteiger partial charge on any atom is -0.380 e. The van der Waals surface area contributed by atoms with Crippen molar-refractivity contribution >= 4 is 23.1 Å². The van der Waals surface area contributed by atoms with Gasteiger partial charge in [0.1, 0.15) is 6.33 Å². The Labute approximate surface area is 97.0 Å². The predicted octanol–water partition coefficient (Wildman–Crippen LogP) is 1.48. The van der Waals surface area contributed by atoms with E-state index in [-0.39, 0.29) is 22.8 Å². The molecule has 0 aromatic carbocycles. The minimum absolute atomic E-state index is 0.0895. The largest absolute Gasteiger partial charge is 0.380 e. The second-order valence-electron chi connectivity index (χ2n) is 3.05. The molecule has 0 spiro atoms. The van der Waals surface area contributed by atoms with Crippen LogP contribution in [0.1, 0.15) is 6.92 Å². The Morgan fingerprint density at radius 3 is 2.94 bits per heavy atom. The molecule has 1 atom stereocenters. The van der Waals surface area contributed by atoms with E-state index in [1.54, 1.807) is 7.11 Å². The van der Waals surface area contributed by atoms with Crippen molar-refractivity contribution in [3.05, 3.63) is 21.6 Å². The highest BCUT2D eigenvalue weighted by molar-refractivity contribution is 6.31. The van der Waals surface area contributed by atoms with Crippen LogP contribution in [0.25, 0.3) is 0 Å². The molecule has 0 radical (unpaired) electrons. The molecule has 1 N–H and O–H groups in total. The van der Waals surface area contributed by atoms with Gasteiger partial charge < -0.3 is 10.1 Å². The van der Waals surface area contributed by atoms with Crippen molar-refractivity contribution in [3.63, 3.8) is 0 Å². The van der Waals surface area contributed by atoms with E-state index in [0.29, 0.717) is 6.54 Å². The number of ether oxygens (including phenoxy) is 1. The first-order valence-electron chi connectivity index (χ1n) is 4.47. The molecular formula is C8H11ClN4O3. The van der Waals surface area contributed by atoms with E-state index in [9.17, 15) is 10.1 Å². The van der Waals surface area contributed by atoms with Crippen molar-refractivity contribution in [2.45, 2.75) is 13.0 Å². The molecule has 1 unspecified atom stereocenters. The number of nitrogens with zero attached hydrogens (tertiary/aromatic N) is 3. The molecular weight excluding hydrogens is 236 g/mol. The van der Waals surface area contributed by atoms with E-state index in [1.165, 1.54) is 0 Å². The van der Waals surface area contributed by atoms with Crippen LogP contribution in [0.2, 0.25) is 5.15 Å². The van der Waals surface area contributed by atoms with E-state index in [2.05, 4.69) is 15.3 Å². The van der Waals surface area contributed by atoms with E-state index in [4.69, 9.17) is 16.3 Å². The number of hydrogen-bond donors (Lipinski definition) is 1. The molecule has 0 amide bonds. The highest BCUT2D eigenvalue weighted by atomic mass is 35.5. The van der Waals surface area contributed by atoms with Crippen molar-refractivity contribution in [1.29, 1.82) is 0 Å². The molecule has 8 heteroatoms. The van der Waals surface area contributed by atoms with E-state index >= 15 is 0 Å². The van der Waals surface area contributed by atoms with Crippen molar-refractivity contribution in [2.24, 2.45) is 0 Å². The van der Waals surface area contributed by atoms with Crippen molar-refractivity contribution in [3.8, 4) is 0 Å². The number of anilines is 1. The van der Waals surface area contributed by atoms with Gasteiger partial charge >= 0.3 is 5.69 Å². The number of halogens is 1. The maximum absolute atomic E-state index is 10.7. The van der Waals surface area contributed by atoms with Crippen molar-refractivity contribution in [1.82, 2.24) is 9.97 Å². The van der Waals surface area contributed by atoms with Crippen LogP contribution < -0.4 is 5.32 Å². The molecule has 1 aromatic heterocycles. The zero-order valence-electron chi connectivity index (χ0n) is 8.81. The normalized spacial score (nSPS) is 12.2. The Morgan fingerprint density at radius 2 is 2.38 bits per heavy atom. The zero-order chi connectivity index (χ0) is 12.1. The van der Waals surface area contributed by atoms with Gasteiger partial charge in [0.15, 0.2) is 0 Å². The molecule has 0 saturated heterocycles. The van der Waals surface area contributed by atoms with Crippen LogP contribution in [0, 0.1) is 10.1 Å². The van der Waals surface area contributed by atoms with E-state index in [0.717, 1.165) is 6.33 Å². The van der Waals surface area contributed by atoms with Gasteiger partial charge in [-0.3, -0.25) is 10.1 Å². The van der Waals surface area contributed by atoms with E-state index in [1.807, 2.05) is 6.92 Å². The number of methoxy groups -OCH3 is 1. The lowest BCUT2D eigenvalue weighted by Gasteiger charge is -2.11. The minimum atomic E-state index is -0.623. The van der Waals surface area contributed by atoms with Crippen LogP contribution in [0.3, 0.4) is 0 Å². The third kappa shape index (κ3) is 3.01. The Bertz CT molecular complexity index is 388. The van der Waals surface area contributed by atoms with Gasteiger partial charge in [-0.2, -0.15) is 0 Å². The fourth-order valence-electron chi connectivity index (χ4n) is 0.972. The molecule has 0 aliphatic carbocycles. The summed E-state index contributed by atoms with van der Waals surface area (Å²) in [6, 6.07) is 0. The Kier molecular flexibility index (Phi) is 4.39. The molecule has 88 valence electrons. The van der Waals surface area contributed by atoms with Crippen LogP contribution >= 0.6 is 11.6 Å². The first kappa shape index (κ1) is 12.6. The zero-order valence-corrected chi connectivity index (χ0v) is 9.56. The van der Waals surface area contributed by atoms with Crippen LogP contribution in [-0.2, 0) is 4.74 Å². The van der Waals surface area contributed by atoms with Gasteiger partial charge in [0, 0.05) is 13.7 Å². The fourth-order valence-corrected chi connectivity index (χ4v) is 1.17. The lowest BCUT2D eigenvalue weighted by molar-refractivity contribution is -0.384. The highest BCUT2D eigenvalue weighted by Gasteiger charge is 2.21. The summed E-state index contributed by atoms with van der Waals surface area (Å²) in [5.41, 5.74) is -0.326. The standard InChI is InChI=1S/C8H11ClN4O3/c1-5(16-2)3-10-8-6(13(14)15)7(9)11-4-12-8/h4-5H,3H2,1-2H3,(H,10,11,12). The molecule has 0 aliphatic heterocycles. The molecule has 1 aromatic rings. The smallest absolute Gasteiger partial charge is 0.348 e. The molecule has 7 nitrogen and oxygen atoms in total. The second-order valence-corrected chi connectivity index (χ2v) is 3.40. The summed E-state index contributed by atoms with van der Waals surface area (Å²) in [6.07, 6.45) is 1.07. The molecule has 1 rings (SSSR count). The van der Waals surface area contributed by atoms with Gasteiger partial charge in [0.2, 0.25) is 11.0 Å². The summed E-state index contributed by atoms with van der Waals surface area (Å²) in [6.45, 7) is 2.21. The van der Waals surface area contributed by atoms with Crippen molar-refractivity contribution in [2.75, 3.05) is 19.0 Å². The number of rotatable bonds is 5. The Hall–Kier alpha value is -1.47. The first-order valence-corrected chi connectivity index (χ1v) is 4.85. The first-order chi connectivity index (χ1) is 7.56. The summed E-state index contributed by atoms with van der Waals surface area (Å²) in [5, 5.41) is 13.3. The molecule has 0 saturated carbocycles. The van der Waals surface area contributed by atoms with Gasteiger partial charge in [-0.25, -0.2) is 9.97 Å². The van der Waals surface area contributed by atoms with Crippen molar-refractivity contribution < 1.29 is 9.66 Å². The van der Waals surface area contributed by atoms with Crippen LogP contribution in [-0.4, -0.2) is 34.6 Å². The monoisotopic (exact) mass is 246 g/mol. The summed E-state index contributed by atoms with van der Waals surface area (Å²) in [5.74, 6) is 0.0916. The molecule has 16 heavy (non-hydrogen) atoms. The lowest BCUT2D eigenvalue weighted by atomic mass is 10.4. The predicted molar refractivity (Wildman–Crippen MR) is 58.7 cm³/mol. The van der Waals surface area contributed by atoms with Crippen LogP contribution in [0.15, 0.2) is 6.33 Å². The molecule has 0 fully saturated rings. The van der Waals surface area contributed by atoms with Gasteiger partial charge in [-0.15, -0.1) is 0 Å². The van der Waals surface area contributed by atoms with Crippen LogP contribution in [0.5, 0.6) is 0 Å². The average molecular weight is 247 g/mol. The second kappa shape index (κ2) is 5.57. The molecule has 0 bridgehead atoms. The van der Waals surface area contributed by atoms with Gasteiger partial charge in [-0.1, -0.05) is 11.6 Å². The fraction of sp³-hybridized carbons (Fsp3) is 0.500. The molecule has 1 heterocycles. The summed E-state index contributed by atoms with van der Waals surface area (Å²) < 4.78 is 4.99. The third-order valence-electron chi connectivity index (χ3n) is 1.92. The maximum atomic E-state index is 10.7. The van der Waals surface area contributed by atoms with Gasteiger partial charge in [0.25, 0.3) is 0 Å². The highest BCUT2D eigenvalue weighted by Crippen LogP contribution is 2.27. The van der Waals surface area contributed by atoms with Crippen LogP contribution in [0.4, 0.5) is 11.5 Å². The summed E-state index contributed by atoms with van der Waals surface area (Å²) in [7, 11) is 1.55. The number of aromatic nitrogens is 2. The van der Waals surface area contributed by atoms with E-state index < -0.39 is 4.92 Å². The summed E-state index contributed by atoms with van der Waals surface area (Å²) in [4.78, 5) is 17.4. The van der Waals surface area contributed by atoms with Gasteiger partial charge in [0.05, 0.1) is 11.0 Å². The number of nitro groups is 1. The Balaban J connectivity index is 2.87. The lowest BCUT2D eigenvalue weighted by Crippen LogP contribution is -2.19. The quantitative estimate of drug-likeness (QED) is 0.481. The topological polar surface area (TPSA) is 90.2 Å². The molecule has 0 aliphatic rings. The third-order valence-corrected chi connectivity index (χ3v) is 2.20. The Morgan fingerprint density at radius 1 is 1.69 bits per heavy atom.